The Morgan fingerprint density at radius 3 is 2.68 bits per heavy atom. The predicted molar refractivity (Wildman–Crippen MR) is 71.5 cm³/mol. The zero-order valence-corrected chi connectivity index (χ0v) is 11.3. The van der Waals surface area contributed by atoms with Gasteiger partial charge in [-0.1, -0.05) is 25.1 Å². The van der Waals surface area contributed by atoms with Gasteiger partial charge in [-0.3, -0.25) is 19.1 Å². The highest BCUT2D eigenvalue weighted by Crippen LogP contribution is 2.18. The third-order valence-electron chi connectivity index (χ3n) is 2.67. The predicted octanol–water partition coefficient (Wildman–Crippen LogP) is 1.75. The first-order valence-corrected chi connectivity index (χ1v) is 7.11. The first-order valence-electron chi connectivity index (χ1n) is 5.73. The lowest BCUT2D eigenvalue weighted by atomic mass is 10.1. The van der Waals surface area contributed by atoms with Crippen LogP contribution < -0.4 is 0 Å². The van der Waals surface area contributed by atoms with Gasteiger partial charge in [0.25, 0.3) is 5.69 Å². The lowest BCUT2D eigenvalue weighted by Crippen LogP contribution is -2.19. The molecule has 1 N–H and O–H groups in total. The van der Waals surface area contributed by atoms with Gasteiger partial charge in [-0.2, -0.15) is 0 Å². The van der Waals surface area contributed by atoms with Gasteiger partial charge in [0, 0.05) is 33.4 Å². The topological polar surface area (TPSA) is 97.5 Å². The van der Waals surface area contributed by atoms with Gasteiger partial charge in [-0.15, -0.1) is 0 Å². The van der Waals surface area contributed by atoms with E-state index in [-0.39, 0.29) is 17.9 Å². The average Bonchev–Trinajstić information content (AvgIpc) is 2.35. The summed E-state index contributed by atoms with van der Waals surface area (Å²) in [6, 6.07) is 6.29. The molecule has 0 spiro atoms. The molecular formula is C12H15NO5S. The summed E-state index contributed by atoms with van der Waals surface area (Å²) in [6.45, 7) is 1.60. The molecule has 0 aromatic heterocycles. The van der Waals surface area contributed by atoms with Crippen molar-refractivity contribution in [3.63, 3.8) is 0 Å². The molecule has 0 aliphatic carbocycles. The summed E-state index contributed by atoms with van der Waals surface area (Å²) in [5, 5.41) is 19.0. The number of nitrogens with zero attached hydrogens (tertiary/aromatic N) is 1. The number of nitro benzene ring substituents is 1. The van der Waals surface area contributed by atoms with Crippen LogP contribution in [0, 0.1) is 10.1 Å². The summed E-state index contributed by atoms with van der Waals surface area (Å²) in [6.07, 6.45) is 0.136. The second-order valence-corrected chi connectivity index (χ2v) is 6.10. The highest BCUT2D eigenvalue weighted by molar-refractivity contribution is 7.85. The van der Waals surface area contributed by atoms with Crippen molar-refractivity contribution in [3.8, 4) is 0 Å². The molecule has 0 saturated carbocycles. The van der Waals surface area contributed by atoms with Gasteiger partial charge >= 0.3 is 5.97 Å². The quantitative estimate of drug-likeness (QED) is 0.608. The molecule has 0 heterocycles. The monoisotopic (exact) mass is 285 g/mol. The fraction of sp³-hybridized carbons (Fsp3) is 0.417. The number of carboxylic acids is 1. The summed E-state index contributed by atoms with van der Waals surface area (Å²) in [4.78, 5) is 20.8. The number of rotatable bonds is 7. The summed E-state index contributed by atoms with van der Waals surface area (Å²) in [5.74, 6) is -0.772. The molecule has 0 amide bonds. The molecule has 0 aliphatic rings. The van der Waals surface area contributed by atoms with Gasteiger partial charge in [0.2, 0.25) is 0 Å². The SMILES string of the molecule is CC(CC(=O)O)S(=O)CCc1ccccc1[N+](=O)[O-]. The zero-order valence-electron chi connectivity index (χ0n) is 10.4. The van der Waals surface area contributed by atoms with Crippen LogP contribution in [-0.4, -0.2) is 31.2 Å². The highest BCUT2D eigenvalue weighted by atomic mass is 32.2. The number of aryl methyl sites for hydroxylation is 1. The number of carbonyl (C=O) groups is 1. The second kappa shape index (κ2) is 6.98. The summed E-state index contributed by atoms with van der Waals surface area (Å²) >= 11 is 0. The van der Waals surface area contributed by atoms with E-state index in [4.69, 9.17) is 5.11 Å². The fourth-order valence-electron chi connectivity index (χ4n) is 1.65. The van der Waals surface area contributed by atoms with E-state index in [0.717, 1.165) is 0 Å². The van der Waals surface area contributed by atoms with Crippen LogP contribution in [0.4, 0.5) is 5.69 Å². The van der Waals surface area contributed by atoms with Crippen molar-refractivity contribution in [3.05, 3.63) is 39.9 Å². The van der Waals surface area contributed by atoms with Crippen molar-refractivity contribution in [2.75, 3.05) is 5.75 Å². The Bertz CT molecular complexity index is 503. The molecule has 2 atom stereocenters. The van der Waals surface area contributed by atoms with E-state index < -0.39 is 26.9 Å². The Kier molecular flexibility index (Phi) is 5.62. The molecule has 6 nitrogen and oxygen atoms in total. The second-order valence-electron chi connectivity index (χ2n) is 4.13. The number of para-hydroxylation sites is 1. The Morgan fingerprint density at radius 2 is 2.11 bits per heavy atom. The van der Waals surface area contributed by atoms with Crippen LogP contribution in [0.2, 0.25) is 0 Å². The maximum atomic E-state index is 11.8. The smallest absolute Gasteiger partial charge is 0.304 e. The molecule has 0 saturated heterocycles. The van der Waals surface area contributed by atoms with Crippen LogP contribution in [0.25, 0.3) is 0 Å². The number of aliphatic carboxylic acids is 1. The normalized spacial score (nSPS) is 13.7. The Hall–Kier alpha value is -1.76. The van der Waals surface area contributed by atoms with Gasteiger partial charge < -0.3 is 5.11 Å². The van der Waals surface area contributed by atoms with Gasteiger partial charge in [-0.25, -0.2) is 0 Å². The van der Waals surface area contributed by atoms with Crippen LogP contribution in [0.3, 0.4) is 0 Å². The molecule has 104 valence electrons. The van der Waals surface area contributed by atoms with Crippen LogP contribution in [0.1, 0.15) is 18.9 Å². The maximum Gasteiger partial charge on any atom is 0.304 e. The lowest BCUT2D eigenvalue weighted by molar-refractivity contribution is -0.385. The van der Waals surface area contributed by atoms with Gasteiger partial charge in [0.05, 0.1) is 11.3 Å². The van der Waals surface area contributed by atoms with E-state index in [0.29, 0.717) is 12.0 Å². The number of nitro groups is 1. The number of benzene rings is 1. The lowest BCUT2D eigenvalue weighted by Gasteiger charge is -2.08. The number of carboxylic acid groups (broad SMARTS) is 1. The highest BCUT2D eigenvalue weighted by Gasteiger charge is 2.17. The molecule has 0 radical (unpaired) electrons. The Morgan fingerprint density at radius 1 is 1.47 bits per heavy atom. The van der Waals surface area contributed by atoms with Crippen LogP contribution in [0.5, 0.6) is 0 Å². The van der Waals surface area contributed by atoms with Gasteiger partial charge in [0.1, 0.15) is 0 Å². The average molecular weight is 285 g/mol. The minimum Gasteiger partial charge on any atom is -0.481 e. The molecule has 1 aromatic carbocycles. The van der Waals surface area contributed by atoms with Gasteiger partial charge in [-0.05, 0) is 6.42 Å². The minimum absolute atomic E-state index is 0.00499. The molecule has 19 heavy (non-hydrogen) atoms. The van der Waals surface area contributed by atoms with Crippen molar-refractivity contribution in [1.29, 1.82) is 0 Å². The minimum atomic E-state index is -1.31. The molecule has 0 fully saturated rings. The molecule has 0 bridgehead atoms. The van der Waals surface area contributed by atoms with E-state index in [2.05, 4.69) is 0 Å². The van der Waals surface area contributed by atoms with Gasteiger partial charge in [0.15, 0.2) is 0 Å². The van der Waals surface area contributed by atoms with Crippen LogP contribution in [0.15, 0.2) is 24.3 Å². The standard InChI is InChI=1S/C12H15NO5S/c1-9(8-12(14)15)19(18)7-6-10-4-2-3-5-11(10)13(16)17/h2-5,9H,6-8H2,1H3,(H,14,15). The number of hydrogen-bond acceptors (Lipinski definition) is 4. The fourth-order valence-corrected chi connectivity index (χ4v) is 2.80. The molecule has 1 aromatic rings. The first-order chi connectivity index (χ1) is 8.91. The van der Waals surface area contributed by atoms with E-state index in [1.807, 2.05) is 0 Å². The summed E-state index contributed by atoms with van der Waals surface area (Å²) in [5.41, 5.74) is 0.522. The first kappa shape index (κ1) is 15.3. The van der Waals surface area contributed by atoms with E-state index in [9.17, 15) is 19.1 Å². The number of hydrogen-bond donors (Lipinski definition) is 1. The van der Waals surface area contributed by atoms with E-state index in [1.165, 1.54) is 6.07 Å². The molecule has 7 heteroatoms. The molecule has 0 aliphatic heterocycles. The molecular weight excluding hydrogens is 270 g/mol. The van der Waals surface area contributed by atoms with Crippen molar-refractivity contribution in [2.24, 2.45) is 0 Å². The van der Waals surface area contributed by atoms with Crippen molar-refractivity contribution in [2.45, 2.75) is 25.0 Å². The van der Waals surface area contributed by atoms with Crippen molar-refractivity contribution in [1.82, 2.24) is 0 Å². The Balaban J connectivity index is 2.64. The van der Waals surface area contributed by atoms with E-state index in [1.54, 1.807) is 25.1 Å². The van der Waals surface area contributed by atoms with E-state index >= 15 is 0 Å². The molecule has 2 unspecified atom stereocenters. The van der Waals surface area contributed by atoms with Crippen LogP contribution in [-0.2, 0) is 22.0 Å². The summed E-state index contributed by atoms with van der Waals surface area (Å²) in [7, 11) is -1.31. The van der Waals surface area contributed by atoms with Crippen molar-refractivity contribution >= 4 is 22.5 Å². The Labute approximate surface area is 113 Å². The maximum absolute atomic E-state index is 11.8. The third-order valence-corrected chi connectivity index (χ3v) is 4.34. The third kappa shape index (κ3) is 4.78. The zero-order chi connectivity index (χ0) is 14.4. The summed E-state index contributed by atoms with van der Waals surface area (Å²) < 4.78 is 11.8. The van der Waals surface area contributed by atoms with Crippen molar-refractivity contribution < 1.29 is 19.0 Å². The van der Waals surface area contributed by atoms with Crippen LogP contribution >= 0.6 is 0 Å². The molecule has 1 rings (SSSR count). The largest absolute Gasteiger partial charge is 0.481 e.